The van der Waals surface area contributed by atoms with Gasteiger partial charge < -0.3 is 0 Å². The van der Waals surface area contributed by atoms with E-state index in [2.05, 4.69) is 0 Å². The molecule has 0 radical (unpaired) electrons. The van der Waals surface area contributed by atoms with Crippen LogP contribution in [0.25, 0.3) is 0 Å². The van der Waals surface area contributed by atoms with E-state index in [1.807, 2.05) is 0 Å². The zero-order chi connectivity index (χ0) is 26.9. The lowest BCUT2D eigenvalue weighted by Gasteiger charge is -2.05. The first-order valence-electron chi connectivity index (χ1n) is 19.0. The van der Waals surface area contributed by atoms with E-state index in [4.69, 9.17) is 0 Å². The molecule has 0 heterocycles. The second-order valence-electron chi connectivity index (χ2n) is 13.4. The quantitative estimate of drug-likeness (QED) is 0.291. The Morgan fingerprint density at radius 3 is 0.105 bits per heavy atom. The molecule has 38 heavy (non-hydrogen) atoms. The van der Waals surface area contributed by atoms with Crippen LogP contribution in [-0.2, 0) is 0 Å². The summed E-state index contributed by atoms with van der Waals surface area (Å²) in [4.78, 5) is 0. The lowest BCUT2D eigenvalue weighted by atomic mass is 10.0. The molecule has 228 valence electrons. The van der Waals surface area contributed by atoms with Crippen LogP contribution in [0, 0.1) is 0 Å². The standard InChI is InChI=1S/C22H44.4C4H8/c1-2-4-6-8-10-12-14-16-18-20-22-21-19-17-15-13-11-9-7-5-3-1;4*1-2-4-3-1/h1-22H2;4*1-4H2. The minimum Gasteiger partial charge on any atom is -0.0533 e. The van der Waals surface area contributed by atoms with Crippen LogP contribution < -0.4 is 0 Å². The van der Waals surface area contributed by atoms with Crippen molar-refractivity contribution in [3.63, 3.8) is 0 Å². The van der Waals surface area contributed by atoms with E-state index in [1.54, 1.807) is 0 Å². The van der Waals surface area contributed by atoms with Crippen LogP contribution in [0.3, 0.4) is 0 Å². The van der Waals surface area contributed by atoms with Crippen LogP contribution in [0.15, 0.2) is 0 Å². The van der Waals surface area contributed by atoms with E-state index in [0.29, 0.717) is 0 Å². The maximum absolute atomic E-state index is 1.50. The third-order valence-corrected chi connectivity index (χ3v) is 9.50. The molecule has 0 heteroatoms. The number of rotatable bonds is 0. The fourth-order valence-corrected chi connectivity index (χ4v) is 4.89. The second-order valence-corrected chi connectivity index (χ2v) is 13.4. The highest BCUT2D eigenvalue weighted by atomic mass is 14.0. The Hall–Kier alpha value is 0. The lowest BCUT2D eigenvalue weighted by molar-refractivity contribution is 0.504. The third-order valence-electron chi connectivity index (χ3n) is 9.50. The summed E-state index contributed by atoms with van der Waals surface area (Å²) >= 11 is 0. The van der Waals surface area contributed by atoms with Crippen molar-refractivity contribution in [1.29, 1.82) is 0 Å². The van der Waals surface area contributed by atoms with Crippen LogP contribution in [0.1, 0.15) is 244 Å². The number of hydrogen-bond acceptors (Lipinski definition) is 0. The molecule has 0 atom stereocenters. The molecule has 0 spiro atoms. The molecule has 0 unspecified atom stereocenters. The van der Waals surface area contributed by atoms with Gasteiger partial charge in [0.25, 0.3) is 0 Å². The zero-order valence-electron chi connectivity index (χ0n) is 26.9. The largest absolute Gasteiger partial charge is 0.0533 e. The van der Waals surface area contributed by atoms with Gasteiger partial charge >= 0.3 is 0 Å². The van der Waals surface area contributed by atoms with Crippen LogP contribution >= 0.6 is 0 Å². The Balaban J connectivity index is 0.000000351. The Labute approximate surface area is 243 Å². The highest BCUT2D eigenvalue weighted by Crippen LogP contribution is 2.18. The molecule has 0 amide bonds. The Morgan fingerprint density at radius 2 is 0.0789 bits per heavy atom. The van der Waals surface area contributed by atoms with Gasteiger partial charge in [-0.3, -0.25) is 0 Å². The molecule has 0 nitrogen and oxygen atoms in total. The van der Waals surface area contributed by atoms with Crippen LogP contribution in [0.5, 0.6) is 0 Å². The van der Waals surface area contributed by atoms with E-state index in [9.17, 15) is 0 Å². The average Bonchev–Trinajstić information content (AvgIpc) is 2.73. The molecule has 0 aliphatic heterocycles. The van der Waals surface area contributed by atoms with Gasteiger partial charge in [-0.2, -0.15) is 0 Å². The van der Waals surface area contributed by atoms with Gasteiger partial charge in [0.1, 0.15) is 0 Å². The fourth-order valence-electron chi connectivity index (χ4n) is 4.89. The summed E-state index contributed by atoms with van der Waals surface area (Å²) in [6, 6.07) is 0. The summed E-state index contributed by atoms with van der Waals surface area (Å²) < 4.78 is 0. The van der Waals surface area contributed by atoms with Crippen LogP contribution in [-0.4, -0.2) is 0 Å². The summed E-state index contributed by atoms with van der Waals surface area (Å²) in [6.45, 7) is 0. The molecule has 0 aromatic carbocycles. The summed E-state index contributed by atoms with van der Waals surface area (Å²) in [5, 5.41) is 0. The Kier molecular flexibility index (Phi) is 31.5. The van der Waals surface area contributed by atoms with Crippen molar-refractivity contribution in [1.82, 2.24) is 0 Å². The summed E-state index contributed by atoms with van der Waals surface area (Å²) in [7, 11) is 0. The van der Waals surface area contributed by atoms with Crippen molar-refractivity contribution >= 4 is 0 Å². The first-order valence-corrected chi connectivity index (χ1v) is 19.0. The van der Waals surface area contributed by atoms with Crippen molar-refractivity contribution in [2.75, 3.05) is 0 Å². The minimum atomic E-state index is 1.50. The Bertz CT molecular complexity index is 237. The van der Waals surface area contributed by atoms with E-state index in [0.717, 1.165) is 0 Å². The molecule has 0 aromatic rings. The molecule has 0 aromatic heterocycles. The van der Waals surface area contributed by atoms with Gasteiger partial charge in [-0.15, -0.1) is 0 Å². The zero-order valence-corrected chi connectivity index (χ0v) is 26.9. The smallest absolute Gasteiger partial charge is 0.0533 e. The van der Waals surface area contributed by atoms with Crippen molar-refractivity contribution in [3.05, 3.63) is 0 Å². The normalized spacial score (nSPS) is 24.0. The topological polar surface area (TPSA) is 0 Å². The molecular formula is C38H76. The minimum absolute atomic E-state index is 1.50. The monoisotopic (exact) mass is 533 g/mol. The van der Waals surface area contributed by atoms with Gasteiger partial charge in [-0.1, -0.05) is 244 Å². The van der Waals surface area contributed by atoms with E-state index >= 15 is 0 Å². The maximum atomic E-state index is 1.50. The van der Waals surface area contributed by atoms with E-state index in [-0.39, 0.29) is 0 Å². The summed E-state index contributed by atoms with van der Waals surface area (Å²) in [6.07, 6.45) is 57.0. The van der Waals surface area contributed by atoms with E-state index < -0.39 is 0 Å². The van der Waals surface area contributed by atoms with Gasteiger partial charge in [0.15, 0.2) is 0 Å². The molecule has 5 aliphatic carbocycles. The molecule has 0 N–H and O–H groups in total. The highest BCUT2D eigenvalue weighted by Gasteiger charge is 1.98. The predicted octanol–water partition coefficient (Wildman–Crippen LogP) is 14.8. The van der Waals surface area contributed by atoms with Crippen LogP contribution in [0.4, 0.5) is 0 Å². The fraction of sp³-hybridized carbons (Fsp3) is 1.00. The SMILES string of the molecule is C1CCC1.C1CCC1.C1CCC1.C1CCC1.C1CCCCCCCCCCCCCCCCCCCCC1. The van der Waals surface area contributed by atoms with Gasteiger partial charge in [0, 0.05) is 0 Å². The second kappa shape index (κ2) is 33.2. The van der Waals surface area contributed by atoms with Crippen molar-refractivity contribution < 1.29 is 0 Å². The first-order chi connectivity index (χ1) is 19.0. The van der Waals surface area contributed by atoms with Gasteiger partial charge in [0.2, 0.25) is 0 Å². The van der Waals surface area contributed by atoms with Crippen molar-refractivity contribution in [2.24, 2.45) is 0 Å². The van der Waals surface area contributed by atoms with Crippen LogP contribution in [0.2, 0.25) is 0 Å². The third kappa shape index (κ3) is 30.5. The van der Waals surface area contributed by atoms with Gasteiger partial charge in [-0.25, -0.2) is 0 Å². The highest BCUT2D eigenvalue weighted by molar-refractivity contribution is 4.54. The summed E-state index contributed by atoms with van der Waals surface area (Å²) in [5.41, 5.74) is 0. The first kappa shape index (κ1) is 36.0. The lowest BCUT2D eigenvalue weighted by Crippen LogP contribution is -1.85. The van der Waals surface area contributed by atoms with Crippen molar-refractivity contribution in [2.45, 2.75) is 244 Å². The summed E-state index contributed by atoms with van der Waals surface area (Å²) in [5.74, 6) is 0. The molecule has 0 bridgehead atoms. The molecule has 5 rings (SSSR count). The Morgan fingerprint density at radius 1 is 0.0526 bits per heavy atom. The molecule has 5 saturated carbocycles. The predicted molar refractivity (Wildman–Crippen MR) is 175 cm³/mol. The molecule has 0 saturated heterocycles. The maximum Gasteiger partial charge on any atom is -0.0533 e. The van der Waals surface area contributed by atoms with E-state index in [1.165, 1.54) is 244 Å². The van der Waals surface area contributed by atoms with Crippen molar-refractivity contribution in [3.8, 4) is 0 Å². The molecular weight excluding hydrogens is 456 g/mol. The average molecular weight is 533 g/mol. The van der Waals surface area contributed by atoms with Gasteiger partial charge in [-0.05, 0) is 0 Å². The van der Waals surface area contributed by atoms with Gasteiger partial charge in [0.05, 0.1) is 0 Å². The molecule has 5 fully saturated rings. The number of hydrogen-bond donors (Lipinski definition) is 0. The molecule has 5 aliphatic rings.